The van der Waals surface area contributed by atoms with E-state index in [1.807, 2.05) is 88.5 Å². The van der Waals surface area contributed by atoms with Crippen molar-refractivity contribution in [1.82, 2.24) is 10.2 Å². The molecule has 0 saturated heterocycles. The number of hydrogen-bond acceptors (Lipinski definition) is 5. The molecule has 2 aromatic rings. The maximum atomic E-state index is 13.4. The number of likely N-dealkylation sites (N-methyl/N-ethyl adjacent to an activating group) is 1. The van der Waals surface area contributed by atoms with Crippen LogP contribution in [0.25, 0.3) is 0 Å². The standard InChI is InChI=1S/C32H38N4O2/c1-8-14-26(15-9-2)36(7)31-29(30(33-6)35-25-20-18-22(4)19-21-25)28(24-16-12-11-13-17-24)27(23(5)34-31)32(37)38-10-3/h8-9,11-21,28,34H,1,10H2,2-7H3,(H,33,35)/b15-9-,26-14+. The molecule has 2 N–H and O–H groups in total. The molecule has 1 atom stereocenters. The molecule has 38 heavy (non-hydrogen) atoms. The molecule has 6 nitrogen and oxygen atoms in total. The van der Waals surface area contributed by atoms with Gasteiger partial charge in [0.25, 0.3) is 0 Å². The number of benzene rings is 2. The van der Waals surface area contributed by atoms with Crippen molar-refractivity contribution in [2.75, 3.05) is 26.0 Å². The summed E-state index contributed by atoms with van der Waals surface area (Å²) in [7, 11) is 3.74. The van der Waals surface area contributed by atoms with Crippen LogP contribution in [0.5, 0.6) is 0 Å². The highest BCUT2D eigenvalue weighted by atomic mass is 16.5. The molecule has 3 rings (SSSR count). The number of ether oxygens (including phenoxy) is 1. The number of amidine groups is 1. The second-order valence-corrected chi connectivity index (χ2v) is 8.94. The van der Waals surface area contributed by atoms with Crippen LogP contribution in [0.15, 0.2) is 119 Å². The van der Waals surface area contributed by atoms with Crippen molar-refractivity contribution in [1.29, 1.82) is 0 Å². The zero-order chi connectivity index (χ0) is 27.7. The summed E-state index contributed by atoms with van der Waals surface area (Å²) in [6, 6.07) is 18.1. The first kappa shape index (κ1) is 28.3. The van der Waals surface area contributed by atoms with Gasteiger partial charge in [-0.15, -0.1) is 0 Å². The Hall–Kier alpha value is -4.32. The number of allylic oxidation sites excluding steroid dienone is 5. The normalized spacial score (nSPS) is 16.4. The van der Waals surface area contributed by atoms with Gasteiger partial charge in [-0.25, -0.2) is 4.79 Å². The number of nitrogens with one attached hydrogen (secondary N) is 2. The number of esters is 1. The summed E-state index contributed by atoms with van der Waals surface area (Å²) in [6.07, 6.45) is 7.70. The molecule has 1 unspecified atom stereocenters. The van der Waals surface area contributed by atoms with Crippen LogP contribution in [-0.4, -0.2) is 37.4 Å². The summed E-state index contributed by atoms with van der Waals surface area (Å²) >= 11 is 0. The maximum absolute atomic E-state index is 13.4. The van der Waals surface area contributed by atoms with Gasteiger partial charge in [-0.1, -0.05) is 66.8 Å². The number of carbonyl (C=O) groups is 1. The fourth-order valence-electron chi connectivity index (χ4n) is 4.50. The zero-order valence-electron chi connectivity index (χ0n) is 23.2. The van der Waals surface area contributed by atoms with Crippen molar-refractivity contribution >= 4 is 17.5 Å². The van der Waals surface area contributed by atoms with E-state index >= 15 is 0 Å². The average Bonchev–Trinajstić information content (AvgIpc) is 2.92. The predicted molar refractivity (Wildman–Crippen MR) is 158 cm³/mol. The summed E-state index contributed by atoms with van der Waals surface area (Å²) in [6.45, 7) is 11.9. The number of hydrogen-bond donors (Lipinski definition) is 2. The zero-order valence-corrected chi connectivity index (χ0v) is 23.2. The second kappa shape index (κ2) is 13.3. The van der Waals surface area contributed by atoms with Crippen molar-refractivity contribution in [2.45, 2.75) is 33.6 Å². The van der Waals surface area contributed by atoms with E-state index in [1.165, 1.54) is 5.56 Å². The number of aryl methyl sites for hydroxylation is 1. The Kier molecular flexibility index (Phi) is 9.88. The molecule has 0 aromatic heterocycles. The van der Waals surface area contributed by atoms with Crippen LogP contribution < -0.4 is 10.6 Å². The van der Waals surface area contributed by atoms with E-state index in [0.29, 0.717) is 11.4 Å². The minimum Gasteiger partial charge on any atom is -0.463 e. The summed E-state index contributed by atoms with van der Waals surface area (Å²) in [5.74, 6) is 0.661. The molecule has 198 valence electrons. The van der Waals surface area contributed by atoms with Gasteiger partial charge in [0.1, 0.15) is 11.7 Å². The molecule has 0 fully saturated rings. The van der Waals surface area contributed by atoms with Crippen molar-refractivity contribution in [3.8, 4) is 0 Å². The molecule has 0 radical (unpaired) electrons. The molecule has 0 amide bonds. The van der Waals surface area contributed by atoms with Crippen LogP contribution in [0.3, 0.4) is 0 Å². The summed E-state index contributed by atoms with van der Waals surface area (Å²) in [4.78, 5) is 20.2. The summed E-state index contributed by atoms with van der Waals surface area (Å²) in [5, 5.41) is 7.03. The Bertz CT molecular complexity index is 1300. The third-order valence-corrected chi connectivity index (χ3v) is 6.31. The van der Waals surface area contributed by atoms with Crippen molar-refractivity contribution in [2.24, 2.45) is 4.99 Å². The number of nitrogens with zero attached hydrogens (tertiary/aromatic N) is 2. The third-order valence-electron chi connectivity index (χ3n) is 6.31. The first-order valence-electron chi connectivity index (χ1n) is 12.8. The van der Waals surface area contributed by atoms with Crippen LogP contribution in [0.2, 0.25) is 0 Å². The Morgan fingerprint density at radius 3 is 2.39 bits per heavy atom. The van der Waals surface area contributed by atoms with Crippen LogP contribution in [0, 0.1) is 6.92 Å². The molecule has 0 spiro atoms. The Balaban J connectivity index is 2.33. The van der Waals surface area contributed by atoms with Gasteiger partial charge < -0.3 is 20.3 Å². The van der Waals surface area contributed by atoms with E-state index in [2.05, 4.69) is 41.2 Å². The minimum absolute atomic E-state index is 0.285. The summed E-state index contributed by atoms with van der Waals surface area (Å²) in [5.41, 5.74) is 6.06. The van der Waals surface area contributed by atoms with Crippen LogP contribution in [-0.2, 0) is 9.53 Å². The largest absolute Gasteiger partial charge is 0.463 e. The smallest absolute Gasteiger partial charge is 0.336 e. The first-order valence-corrected chi connectivity index (χ1v) is 12.8. The topological polar surface area (TPSA) is 66.0 Å². The molecular weight excluding hydrogens is 472 g/mol. The molecule has 1 aliphatic heterocycles. The van der Waals surface area contributed by atoms with Gasteiger partial charge in [0, 0.05) is 36.7 Å². The fourth-order valence-corrected chi connectivity index (χ4v) is 4.50. The van der Waals surface area contributed by atoms with E-state index in [0.717, 1.165) is 34.0 Å². The lowest BCUT2D eigenvalue weighted by Crippen LogP contribution is -2.40. The van der Waals surface area contributed by atoms with Gasteiger partial charge in [0.2, 0.25) is 0 Å². The molecule has 2 aromatic carbocycles. The van der Waals surface area contributed by atoms with Gasteiger partial charge in [-0.2, -0.15) is 0 Å². The van der Waals surface area contributed by atoms with E-state index in [-0.39, 0.29) is 12.6 Å². The Morgan fingerprint density at radius 2 is 1.82 bits per heavy atom. The number of rotatable bonds is 9. The second-order valence-electron chi connectivity index (χ2n) is 8.94. The van der Waals surface area contributed by atoms with E-state index < -0.39 is 5.92 Å². The van der Waals surface area contributed by atoms with Gasteiger partial charge in [0.15, 0.2) is 0 Å². The highest BCUT2D eigenvalue weighted by Crippen LogP contribution is 2.40. The molecule has 6 heteroatoms. The van der Waals surface area contributed by atoms with Crippen LogP contribution >= 0.6 is 0 Å². The lowest BCUT2D eigenvalue weighted by atomic mass is 9.80. The number of carbonyl (C=O) groups excluding carboxylic acids is 1. The lowest BCUT2D eigenvalue weighted by molar-refractivity contribution is -0.138. The summed E-state index contributed by atoms with van der Waals surface area (Å²) < 4.78 is 5.55. The Labute approximate surface area is 226 Å². The lowest BCUT2D eigenvalue weighted by Gasteiger charge is -2.37. The van der Waals surface area contributed by atoms with Gasteiger partial charge in [-0.05, 0) is 57.5 Å². The minimum atomic E-state index is -0.429. The monoisotopic (exact) mass is 510 g/mol. The van der Waals surface area contributed by atoms with E-state index in [1.54, 1.807) is 13.1 Å². The van der Waals surface area contributed by atoms with Crippen LogP contribution in [0.1, 0.15) is 37.8 Å². The molecular formula is C32H38N4O2. The molecule has 0 bridgehead atoms. The van der Waals surface area contributed by atoms with E-state index in [4.69, 9.17) is 9.73 Å². The van der Waals surface area contributed by atoms with Gasteiger partial charge in [-0.3, -0.25) is 4.99 Å². The van der Waals surface area contributed by atoms with Crippen LogP contribution in [0.4, 0.5) is 5.69 Å². The quantitative estimate of drug-likeness (QED) is 0.176. The van der Waals surface area contributed by atoms with E-state index in [9.17, 15) is 4.79 Å². The Morgan fingerprint density at radius 1 is 1.13 bits per heavy atom. The average molecular weight is 511 g/mol. The predicted octanol–water partition coefficient (Wildman–Crippen LogP) is 6.45. The number of aliphatic imine (C=N–C) groups is 1. The molecule has 0 saturated carbocycles. The highest BCUT2D eigenvalue weighted by Gasteiger charge is 2.38. The third kappa shape index (κ3) is 6.32. The first-order chi connectivity index (χ1) is 18.4. The molecule has 1 aliphatic rings. The van der Waals surface area contributed by atoms with Crippen molar-refractivity contribution in [3.63, 3.8) is 0 Å². The van der Waals surface area contributed by atoms with Gasteiger partial charge in [0.05, 0.1) is 18.1 Å². The number of anilines is 1. The van der Waals surface area contributed by atoms with Crippen molar-refractivity contribution in [3.05, 3.63) is 125 Å². The van der Waals surface area contributed by atoms with Gasteiger partial charge >= 0.3 is 5.97 Å². The SMILES string of the molecule is C=C/C=C(\C=C/C)N(C)C1=C(C(=NC)Nc2ccc(C)cc2)C(c2ccccc2)C(C(=O)OCC)=C(C)N1. The maximum Gasteiger partial charge on any atom is 0.336 e. The fraction of sp³-hybridized carbons (Fsp3) is 0.250. The van der Waals surface area contributed by atoms with Crippen molar-refractivity contribution < 1.29 is 9.53 Å². The molecule has 1 heterocycles. The highest BCUT2D eigenvalue weighted by molar-refractivity contribution is 6.11. The number of dihydropyridines is 1. The molecule has 0 aliphatic carbocycles.